The number of ether oxygens (including phenoxy) is 1. The van der Waals surface area contributed by atoms with E-state index >= 15 is 0 Å². The average molecular weight is 293 g/mol. The summed E-state index contributed by atoms with van der Waals surface area (Å²) in [5.74, 6) is -0.245. The van der Waals surface area contributed by atoms with Crippen LogP contribution in [0.3, 0.4) is 0 Å². The second kappa shape index (κ2) is 8.44. The minimum atomic E-state index is -0.963. The Morgan fingerprint density at radius 2 is 2.00 bits per heavy atom. The first-order valence-corrected chi connectivity index (χ1v) is 6.94. The lowest BCUT2D eigenvalue weighted by Gasteiger charge is -2.23. The molecule has 0 spiro atoms. The molecular weight excluding hydrogens is 270 g/mol. The quantitative estimate of drug-likeness (QED) is 0.608. The maximum atomic E-state index is 10.9. The molecule has 116 valence electrons. The minimum absolute atomic E-state index is 0.0785. The topological polar surface area (TPSA) is 78.8 Å². The van der Waals surface area contributed by atoms with Crippen molar-refractivity contribution in [2.24, 2.45) is 0 Å². The van der Waals surface area contributed by atoms with Gasteiger partial charge in [-0.15, -0.1) is 6.58 Å². The molecule has 1 rings (SSSR count). The van der Waals surface area contributed by atoms with Crippen molar-refractivity contribution in [1.29, 1.82) is 0 Å². The van der Waals surface area contributed by atoms with Crippen LogP contribution in [-0.2, 0) is 4.79 Å². The second-order valence-corrected chi connectivity index (χ2v) is 5.08. The summed E-state index contributed by atoms with van der Waals surface area (Å²) in [6.45, 7) is 7.88. The van der Waals surface area contributed by atoms with Crippen molar-refractivity contribution in [3.05, 3.63) is 42.5 Å². The van der Waals surface area contributed by atoms with E-state index < -0.39 is 18.1 Å². The summed E-state index contributed by atoms with van der Waals surface area (Å²) in [4.78, 5) is 10.9. The molecule has 3 N–H and O–H groups in total. The number of nitrogens with one attached hydrogen (secondary N) is 1. The van der Waals surface area contributed by atoms with Gasteiger partial charge in [-0.2, -0.15) is 0 Å². The van der Waals surface area contributed by atoms with Crippen molar-refractivity contribution in [1.82, 2.24) is 5.32 Å². The Kier molecular flexibility index (Phi) is 6.91. The summed E-state index contributed by atoms with van der Waals surface area (Å²) in [7, 11) is 0. The third-order valence-corrected chi connectivity index (χ3v) is 2.89. The molecule has 0 fully saturated rings. The molecule has 0 saturated carbocycles. The van der Waals surface area contributed by atoms with Crippen LogP contribution < -0.4 is 10.1 Å². The molecule has 0 heterocycles. The molecule has 0 aliphatic rings. The number of aliphatic carboxylic acids is 1. The van der Waals surface area contributed by atoms with Crippen LogP contribution in [0.4, 0.5) is 0 Å². The van der Waals surface area contributed by atoms with Gasteiger partial charge in [0.05, 0.1) is 18.6 Å². The van der Waals surface area contributed by atoms with Crippen molar-refractivity contribution in [2.45, 2.75) is 38.5 Å². The van der Waals surface area contributed by atoms with Crippen LogP contribution in [0.2, 0.25) is 0 Å². The fraction of sp³-hybridized carbons (Fsp3) is 0.438. The Labute approximate surface area is 125 Å². The van der Waals surface area contributed by atoms with Gasteiger partial charge in [0.1, 0.15) is 5.75 Å². The first kappa shape index (κ1) is 17.2. The van der Waals surface area contributed by atoms with E-state index in [4.69, 9.17) is 9.84 Å². The van der Waals surface area contributed by atoms with Crippen LogP contribution in [0.15, 0.2) is 36.9 Å². The molecule has 1 aromatic carbocycles. The monoisotopic (exact) mass is 293 g/mol. The van der Waals surface area contributed by atoms with Crippen LogP contribution in [0.5, 0.6) is 5.75 Å². The number of carboxylic acid groups (broad SMARTS) is 1. The number of rotatable bonds is 9. The number of hydrogen-bond donors (Lipinski definition) is 3. The molecule has 21 heavy (non-hydrogen) atoms. The standard InChI is InChI=1S/C16H23NO4/c1-4-9-17-14(10-15(18)19)16(20)12-5-7-13(8-6-12)21-11(2)3/h4-8,11,14,16-17,20H,1,9-10H2,2-3H3,(H,18,19). The van der Waals surface area contributed by atoms with E-state index in [2.05, 4.69) is 11.9 Å². The summed E-state index contributed by atoms with van der Waals surface area (Å²) >= 11 is 0. The largest absolute Gasteiger partial charge is 0.491 e. The van der Waals surface area contributed by atoms with Crippen LogP contribution >= 0.6 is 0 Å². The van der Waals surface area contributed by atoms with Gasteiger partial charge in [0.25, 0.3) is 0 Å². The molecule has 0 radical (unpaired) electrons. The number of carbonyl (C=O) groups is 1. The lowest BCUT2D eigenvalue weighted by molar-refractivity contribution is -0.138. The van der Waals surface area contributed by atoms with Crippen LogP contribution in [0.1, 0.15) is 31.9 Å². The average Bonchev–Trinajstić information content (AvgIpc) is 2.42. The smallest absolute Gasteiger partial charge is 0.305 e. The molecule has 5 nitrogen and oxygen atoms in total. The molecule has 0 amide bonds. The molecular formula is C16H23NO4. The minimum Gasteiger partial charge on any atom is -0.491 e. The highest BCUT2D eigenvalue weighted by molar-refractivity contribution is 5.67. The Morgan fingerprint density at radius 1 is 1.38 bits per heavy atom. The normalized spacial score (nSPS) is 13.7. The highest BCUT2D eigenvalue weighted by Crippen LogP contribution is 2.22. The molecule has 1 aromatic rings. The van der Waals surface area contributed by atoms with Gasteiger partial charge in [-0.25, -0.2) is 0 Å². The number of carboxylic acids is 1. The van der Waals surface area contributed by atoms with Crippen LogP contribution in [-0.4, -0.2) is 34.9 Å². The predicted octanol–water partition coefficient (Wildman–Crippen LogP) is 2.13. The zero-order valence-electron chi connectivity index (χ0n) is 12.5. The molecule has 0 aliphatic carbocycles. The molecule has 0 bridgehead atoms. The number of benzene rings is 1. The molecule has 2 unspecified atom stereocenters. The fourth-order valence-electron chi connectivity index (χ4n) is 1.97. The van der Waals surface area contributed by atoms with E-state index in [-0.39, 0.29) is 12.5 Å². The summed E-state index contributed by atoms with van der Waals surface area (Å²) in [5, 5.41) is 22.2. The summed E-state index contributed by atoms with van der Waals surface area (Å²) in [5.41, 5.74) is 0.647. The third-order valence-electron chi connectivity index (χ3n) is 2.89. The predicted molar refractivity (Wildman–Crippen MR) is 81.4 cm³/mol. The van der Waals surface area contributed by atoms with E-state index in [1.54, 1.807) is 30.3 Å². The molecule has 0 saturated heterocycles. The number of aliphatic hydroxyl groups is 1. The second-order valence-electron chi connectivity index (χ2n) is 5.08. The van der Waals surface area contributed by atoms with Crippen molar-refractivity contribution >= 4 is 5.97 Å². The van der Waals surface area contributed by atoms with Gasteiger partial charge in [0.15, 0.2) is 0 Å². The molecule has 2 atom stereocenters. The molecule has 0 aromatic heterocycles. The number of hydrogen-bond acceptors (Lipinski definition) is 4. The van der Waals surface area contributed by atoms with Gasteiger partial charge in [-0.05, 0) is 31.5 Å². The summed E-state index contributed by atoms with van der Waals surface area (Å²) in [6, 6.07) is 6.45. The van der Waals surface area contributed by atoms with Gasteiger partial charge in [-0.3, -0.25) is 4.79 Å². The third kappa shape index (κ3) is 5.97. The number of aliphatic hydroxyl groups excluding tert-OH is 1. The van der Waals surface area contributed by atoms with Gasteiger partial charge < -0.3 is 20.3 Å². The van der Waals surface area contributed by atoms with Gasteiger partial charge >= 0.3 is 5.97 Å². The van der Waals surface area contributed by atoms with Crippen molar-refractivity contribution in [3.63, 3.8) is 0 Å². The zero-order chi connectivity index (χ0) is 15.8. The zero-order valence-corrected chi connectivity index (χ0v) is 12.5. The van der Waals surface area contributed by atoms with Gasteiger partial charge in [-0.1, -0.05) is 18.2 Å². The summed E-state index contributed by atoms with van der Waals surface area (Å²) in [6.07, 6.45) is 0.629. The van der Waals surface area contributed by atoms with Gasteiger partial charge in [0.2, 0.25) is 0 Å². The van der Waals surface area contributed by atoms with Crippen molar-refractivity contribution < 1.29 is 19.7 Å². The maximum Gasteiger partial charge on any atom is 0.305 e. The van der Waals surface area contributed by atoms with Gasteiger partial charge in [0, 0.05) is 12.6 Å². The van der Waals surface area contributed by atoms with E-state index in [0.717, 1.165) is 5.75 Å². The first-order valence-electron chi connectivity index (χ1n) is 6.94. The van der Waals surface area contributed by atoms with E-state index in [9.17, 15) is 9.90 Å². The lowest BCUT2D eigenvalue weighted by Crippen LogP contribution is -2.37. The van der Waals surface area contributed by atoms with E-state index in [1.807, 2.05) is 13.8 Å². The van der Waals surface area contributed by atoms with E-state index in [1.165, 1.54) is 0 Å². The maximum absolute atomic E-state index is 10.9. The lowest BCUT2D eigenvalue weighted by atomic mass is 9.99. The summed E-state index contributed by atoms with van der Waals surface area (Å²) < 4.78 is 5.53. The van der Waals surface area contributed by atoms with Crippen LogP contribution in [0, 0.1) is 0 Å². The van der Waals surface area contributed by atoms with Crippen molar-refractivity contribution in [3.8, 4) is 5.75 Å². The fourth-order valence-corrected chi connectivity index (χ4v) is 1.97. The highest BCUT2D eigenvalue weighted by atomic mass is 16.5. The highest BCUT2D eigenvalue weighted by Gasteiger charge is 2.22. The molecule has 5 heteroatoms. The first-order chi connectivity index (χ1) is 9.93. The Bertz CT molecular complexity index is 456. The molecule has 0 aliphatic heterocycles. The Hall–Kier alpha value is -1.85. The Balaban J connectivity index is 2.79. The van der Waals surface area contributed by atoms with Crippen LogP contribution in [0.25, 0.3) is 0 Å². The van der Waals surface area contributed by atoms with Crippen molar-refractivity contribution in [2.75, 3.05) is 6.54 Å². The van der Waals surface area contributed by atoms with E-state index in [0.29, 0.717) is 12.1 Å². The SMILES string of the molecule is C=CCNC(CC(=O)O)C(O)c1ccc(OC(C)C)cc1. The Morgan fingerprint density at radius 3 is 2.48 bits per heavy atom.